The average Bonchev–Trinajstić information content (AvgIpc) is 3.20. The maximum atomic E-state index is 5.93. The van der Waals surface area contributed by atoms with Crippen molar-refractivity contribution in [2.45, 2.75) is 0 Å². The summed E-state index contributed by atoms with van der Waals surface area (Å²) in [6.45, 7) is 0. The first-order valence-electron chi connectivity index (χ1n) is 9.04. The lowest BCUT2D eigenvalue weighted by Gasteiger charge is -2.07. The molecule has 0 amide bonds. The molecule has 0 aliphatic rings. The van der Waals surface area contributed by atoms with Gasteiger partial charge in [-0.1, -0.05) is 71.4 Å². The van der Waals surface area contributed by atoms with Crippen LogP contribution >= 0.6 is 11.6 Å². The third-order valence-electron chi connectivity index (χ3n) is 4.55. The van der Waals surface area contributed by atoms with Gasteiger partial charge in [-0.2, -0.15) is 9.62 Å². The molecular formula is C22H15ClN6. The van der Waals surface area contributed by atoms with Crippen LogP contribution in [-0.2, 0) is 0 Å². The zero-order valence-corrected chi connectivity index (χ0v) is 16.0. The summed E-state index contributed by atoms with van der Waals surface area (Å²) in [4.78, 5) is 4.78. The number of nitrogens with one attached hydrogen (secondary N) is 1. The Morgan fingerprint density at radius 2 is 1.66 bits per heavy atom. The van der Waals surface area contributed by atoms with Crippen molar-refractivity contribution in [3.05, 3.63) is 89.4 Å². The van der Waals surface area contributed by atoms with E-state index < -0.39 is 0 Å². The number of hydrazone groups is 1. The molecule has 140 valence electrons. The summed E-state index contributed by atoms with van der Waals surface area (Å²) in [5.41, 5.74) is 7.25. The topological polar surface area (TPSA) is 67.5 Å². The Hall–Kier alpha value is -3.77. The van der Waals surface area contributed by atoms with Gasteiger partial charge < -0.3 is 0 Å². The Labute approximate surface area is 171 Å². The first-order chi connectivity index (χ1) is 14.3. The molecule has 0 fully saturated rings. The highest BCUT2D eigenvalue weighted by atomic mass is 35.5. The van der Waals surface area contributed by atoms with Crippen LogP contribution in [0.5, 0.6) is 0 Å². The van der Waals surface area contributed by atoms with E-state index in [0.29, 0.717) is 16.5 Å². The van der Waals surface area contributed by atoms with Gasteiger partial charge in [0.05, 0.1) is 11.7 Å². The minimum Gasteiger partial charge on any atom is -0.261 e. The molecule has 0 aliphatic heterocycles. The van der Waals surface area contributed by atoms with Crippen molar-refractivity contribution in [1.29, 1.82) is 0 Å². The van der Waals surface area contributed by atoms with E-state index in [9.17, 15) is 0 Å². The molecule has 6 nitrogen and oxygen atoms in total. The van der Waals surface area contributed by atoms with Gasteiger partial charge in [-0.15, -0.1) is 5.10 Å². The van der Waals surface area contributed by atoms with Gasteiger partial charge in [-0.05, 0) is 29.8 Å². The minimum atomic E-state index is 0.637. The summed E-state index contributed by atoms with van der Waals surface area (Å²) < 4.78 is 1.76. The summed E-state index contributed by atoms with van der Waals surface area (Å²) >= 11 is 5.93. The predicted molar refractivity (Wildman–Crippen MR) is 116 cm³/mol. The van der Waals surface area contributed by atoms with Gasteiger partial charge >= 0.3 is 0 Å². The number of benzene rings is 3. The van der Waals surface area contributed by atoms with E-state index in [1.165, 1.54) is 0 Å². The molecular weight excluding hydrogens is 384 g/mol. The van der Waals surface area contributed by atoms with Crippen molar-refractivity contribution in [3.63, 3.8) is 0 Å². The average molecular weight is 399 g/mol. The Morgan fingerprint density at radius 1 is 0.897 bits per heavy atom. The lowest BCUT2D eigenvalue weighted by Crippen LogP contribution is -2.00. The predicted octanol–water partition coefficient (Wildman–Crippen LogP) is 5.04. The fourth-order valence-electron chi connectivity index (χ4n) is 3.15. The van der Waals surface area contributed by atoms with Crippen molar-refractivity contribution in [2.75, 3.05) is 5.43 Å². The molecule has 5 rings (SSSR count). The lowest BCUT2D eigenvalue weighted by atomic mass is 10.1. The Bertz CT molecular complexity index is 1330. The van der Waals surface area contributed by atoms with Crippen LogP contribution in [0.15, 0.2) is 84.0 Å². The quantitative estimate of drug-likeness (QED) is 0.340. The third kappa shape index (κ3) is 3.30. The molecule has 2 heterocycles. The van der Waals surface area contributed by atoms with Gasteiger partial charge in [-0.25, -0.2) is 4.98 Å². The summed E-state index contributed by atoms with van der Waals surface area (Å²) in [5.74, 6) is 0.637. The van der Waals surface area contributed by atoms with Crippen LogP contribution in [0.4, 0.5) is 5.82 Å². The van der Waals surface area contributed by atoms with Crippen LogP contribution < -0.4 is 5.43 Å². The highest BCUT2D eigenvalue weighted by molar-refractivity contribution is 6.30. The monoisotopic (exact) mass is 398 g/mol. The van der Waals surface area contributed by atoms with E-state index in [-0.39, 0.29) is 0 Å². The number of halogens is 1. The van der Waals surface area contributed by atoms with Crippen molar-refractivity contribution < 1.29 is 0 Å². The molecule has 3 aromatic carbocycles. The number of fused-ring (bicyclic) bond motifs is 3. The van der Waals surface area contributed by atoms with Crippen LogP contribution in [0.2, 0.25) is 5.02 Å². The second-order valence-electron chi connectivity index (χ2n) is 6.44. The summed E-state index contributed by atoms with van der Waals surface area (Å²) in [6.07, 6.45) is 1.73. The first-order valence-corrected chi connectivity index (χ1v) is 9.41. The number of aromatic nitrogens is 4. The van der Waals surface area contributed by atoms with Crippen molar-refractivity contribution in [3.8, 4) is 11.3 Å². The molecule has 7 heteroatoms. The summed E-state index contributed by atoms with van der Waals surface area (Å²) in [6, 6.07) is 25.2. The fraction of sp³-hybridized carbons (Fsp3) is 0. The normalized spacial score (nSPS) is 11.5. The molecule has 0 saturated carbocycles. The Balaban J connectivity index is 1.60. The molecule has 0 unspecified atom stereocenters. The van der Waals surface area contributed by atoms with Gasteiger partial charge in [-0.3, -0.25) is 5.43 Å². The number of rotatable bonds is 4. The number of para-hydroxylation sites is 1. The highest BCUT2D eigenvalue weighted by Gasteiger charge is 2.15. The molecule has 5 aromatic rings. The number of anilines is 1. The zero-order chi connectivity index (χ0) is 19.6. The maximum Gasteiger partial charge on any atom is 0.186 e. The molecule has 29 heavy (non-hydrogen) atoms. The maximum absolute atomic E-state index is 5.93. The van der Waals surface area contributed by atoms with Gasteiger partial charge in [0.2, 0.25) is 0 Å². The Morgan fingerprint density at radius 3 is 2.48 bits per heavy atom. The first kappa shape index (κ1) is 17.3. The molecule has 0 atom stereocenters. The fourth-order valence-corrected chi connectivity index (χ4v) is 3.27. The van der Waals surface area contributed by atoms with Crippen LogP contribution in [0.3, 0.4) is 0 Å². The minimum absolute atomic E-state index is 0.637. The van der Waals surface area contributed by atoms with Gasteiger partial charge in [0.15, 0.2) is 11.5 Å². The van der Waals surface area contributed by atoms with Gasteiger partial charge in [0, 0.05) is 16.0 Å². The standard InChI is InChI=1S/C22H15ClN6/c23-17-12-10-15(11-13-17)14-24-27-21-18-8-4-5-9-19(18)29-22(25-21)20(26-28-29)16-6-2-1-3-7-16/h1-14H,(H,25,27)/b24-14+. The van der Waals surface area contributed by atoms with E-state index in [1.54, 1.807) is 10.7 Å². The van der Waals surface area contributed by atoms with E-state index in [0.717, 1.165) is 27.7 Å². The highest BCUT2D eigenvalue weighted by Crippen LogP contribution is 2.27. The van der Waals surface area contributed by atoms with E-state index in [1.807, 2.05) is 78.9 Å². The van der Waals surface area contributed by atoms with Crippen molar-refractivity contribution >= 4 is 40.2 Å². The van der Waals surface area contributed by atoms with Crippen LogP contribution in [0.1, 0.15) is 5.56 Å². The van der Waals surface area contributed by atoms with Crippen molar-refractivity contribution in [2.24, 2.45) is 5.10 Å². The second kappa shape index (κ2) is 7.33. The largest absolute Gasteiger partial charge is 0.261 e. The lowest BCUT2D eigenvalue weighted by molar-refractivity contribution is 0.877. The SMILES string of the molecule is Clc1ccc(/C=N/Nc2nc3c(-c4ccccc4)nnn3c3ccccc23)cc1. The van der Waals surface area contributed by atoms with Gasteiger partial charge in [0.1, 0.15) is 5.69 Å². The number of hydrogen-bond acceptors (Lipinski definition) is 5. The summed E-state index contributed by atoms with van der Waals surface area (Å²) in [5, 5.41) is 14.6. The molecule has 2 aromatic heterocycles. The third-order valence-corrected chi connectivity index (χ3v) is 4.80. The second-order valence-corrected chi connectivity index (χ2v) is 6.88. The molecule has 0 bridgehead atoms. The molecule has 0 saturated heterocycles. The van der Waals surface area contributed by atoms with Crippen LogP contribution in [0.25, 0.3) is 27.8 Å². The van der Waals surface area contributed by atoms with E-state index in [4.69, 9.17) is 16.6 Å². The molecule has 1 N–H and O–H groups in total. The summed E-state index contributed by atoms with van der Waals surface area (Å²) in [7, 11) is 0. The molecule has 0 aliphatic carbocycles. The number of nitrogens with zero attached hydrogens (tertiary/aromatic N) is 5. The van der Waals surface area contributed by atoms with Crippen molar-refractivity contribution in [1.82, 2.24) is 19.8 Å². The number of hydrogen-bond donors (Lipinski definition) is 1. The van der Waals surface area contributed by atoms with Crippen LogP contribution in [0, 0.1) is 0 Å². The van der Waals surface area contributed by atoms with E-state index >= 15 is 0 Å². The molecule has 0 spiro atoms. The smallest absolute Gasteiger partial charge is 0.186 e. The Kier molecular flexibility index (Phi) is 4.38. The van der Waals surface area contributed by atoms with Gasteiger partial charge in [0.25, 0.3) is 0 Å². The van der Waals surface area contributed by atoms with E-state index in [2.05, 4.69) is 20.8 Å². The molecule has 0 radical (unpaired) electrons. The van der Waals surface area contributed by atoms with Crippen LogP contribution in [-0.4, -0.2) is 26.0 Å². The zero-order valence-electron chi connectivity index (χ0n) is 15.2.